The van der Waals surface area contributed by atoms with Gasteiger partial charge in [-0.1, -0.05) is 58.4 Å². The minimum atomic E-state index is -3.68. The van der Waals surface area contributed by atoms with E-state index in [9.17, 15) is 8.42 Å². The van der Waals surface area contributed by atoms with Crippen molar-refractivity contribution in [1.82, 2.24) is 4.98 Å². The predicted molar refractivity (Wildman–Crippen MR) is 125 cm³/mol. The van der Waals surface area contributed by atoms with Crippen LogP contribution in [0, 0.1) is 0 Å². The van der Waals surface area contributed by atoms with Gasteiger partial charge in [0.2, 0.25) is 0 Å². The third-order valence-corrected chi connectivity index (χ3v) is 6.15. The smallest absolute Gasteiger partial charge is 0.306 e. The van der Waals surface area contributed by atoms with Crippen molar-refractivity contribution in [2.45, 2.75) is 6.61 Å². The maximum atomic E-state index is 11.7. The fraction of sp³-hybridized carbons (Fsp3) is 0.0909. The van der Waals surface area contributed by atoms with E-state index in [0.717, 1.165) is 38.6 Å². The Morgan fingerprint density at radius 3 is 2.33 bits per heavy atom. The number of H-pyrrole nitrogens is 1. The summed E-state index contributed by atoms with van der Waals surface area (Å²) < 4.78 is 35.7. The van der Waals surface area contributed by atoms with Crippen LogP contribution < -0.4 is 8.92 Å². The summed E-state index contributed by atoms with van der Waals surface area (Å²) in [6.07, 6.45) is 2.85. The van der Waals surface area contributed by atoms with E-state index >= 15 is 0 Å². The molecule has 4 aromatic rings. The highest BCUT2D eigenvalue weighted by Crippen LogP contribution is 2.43. The lowest BCUT2D eigenvalue weighted by atomic mass is 10.0. The average molecular weight is 551 g/mol. The molecular weight excluding hydrogens is 534 g/mol. The molecule has 0 bridgehead atoms. The number of hydrogen-bond acceptors (Lipinski definition) is 4. The zero-order valence-electron chi connectivity index (χ0n) is 15.9. The van der Waals surface area contributed by atoms with Gasteiger partial charge in [-0.2, -0.15) is 8.42 Å². The summed E-state index contributed by atoms with van der Waals surface area (Å²) >= 11 is 6.95. The van der Waals surface area contributed by atoms with E-state index in [1.165, 1.54) is 0 Å². The lowest BCUT2D eigenvalue weighted by Crippen LogP contribution is -2.06. The van der Waals surface area contributed by atoms with Gasteiger partial charge in [-0.15, -0.1) is 0 Å². The molecule has 0 unspecified atom stereocenters. The Bertz CT molecular complexity index is 1300. The second-order valence-electron chi connectivity index (χ2n) is 6.71. The van der Waals surface area contributed by atoms with Crippen LogP contribution >= 0.6 is 31.9 Å². The molecule has 1 heterocycles. The summed E-state index contributed by atoms with van der Waals surface area (Å²) in [5.74, 6) is 0.995. The largest absolute Gasteiger partial charge is 0.489 e. The van der Waals surface area contributed by atoms with Crippen LogP contribution in [0.1, 0.15) is 5.56 Å². The molecule has 0 fully saturated rings. The van der Waals surface area contributed by atoms with Gasteiger partial charge in [0.05, 0.1) is 16.2 Å². The monoisotopic (exact) mass is 549 g/mol. The highest BCUT2D eigenvalue weighted by molar-refractivity contribution is 9.11. The molecule has 0 aliphatic heterocycles. The number of aromatic amines is 1. The second-order valence-corrected chi connectivity index (χ2v) is 9.99. The van der Waals surface area contributed by atoms with Crippen molar-refractivity contribution in [3.05, 3.63) is 81.4 Å². The van der Waals surface area contributed by atoms with Crippen molar-refractivity contribution in [2.24, 2.45) is 0 Å². The first-order valence-corrected chi connectivity index (χ1v) is 12.4. The summed E-state index contributed by atoms with van der Waals surface area (Å²) in [6.45, 7) is 0.499. The number of fused-ring (bicyclic) bond motifs is 1. The minimum absolute atomic E-state index is 0.227. The quantitative estimate of drug-likeness (QED) is 0.287. The Labute approximate surface area is 191 Å². The Hall–Kier alpha value is -2.29. The molecule has 8 heteroatoms. The first-order valence-electron chi connectivity index (χ1n) is 8.97. The van der Waals surface area contributed by atoms with E-state index in [1.807, 2.05) is 60.8 Å². The van der Waals surface area contributed by atoms with Crippen molar-refractivity contribution in [2.75, 3.05) is 6.26 Å². The van der Waals surface area contributed by atoms with Crippen molar-refractivity contribution in [3.8, 4) is 22.6 Å². The normalized spacial score (nSPS) is 11.6. The fourth-order valence-electron chi connectivity index (χ4n) is 3.15. The predicted octanol–water partition coefficient (Wildman–Crippen LogP) is 6.28. The third kappa shape index (κ3) is 4.55. The minimum Gasteiger partial charge on any atom is -0.489 e. The highest BCUT2D eigenvalue weighted by Gasteiger charge is 2.19. The third-order valence-electron chi connectivity index (χ3n) is 4.46. The van der Waals surface area contributed by atoms with Crippen LogP contribution in [0.2, 0.25) is 0 Å². The van der Waals surface area contributed by atoms with E-state index < -0.39 is 10.1 Å². The zero-order chi connectivity index (χ0) is 21.3. The summed E-state index contributed by atoms with van der Waals surface area (Å²) in [5.41, 5.74) is 3.56. The molecule has 0 radical (unpaired) electrons. The van der Waals surface area contributed by atoms with Crippen LogP contribution in [0.15, 0.2) is 75.8 Å². The maximum Gasteiger partial charge on any atom is 0.306 e. The van der Waals surface area contributed by atoms with Gasteiger partial charge in [0.15, 0.2) is 5.75 Å². The topological polar surface area (TPSA) is 68.4 Å². The van der Waals surface area contributed by atoms with Gasteiger partial charge in [0, 0.05) is 21.6 Å². The summed E-state index contributed by atoms with van der Waals surface area (Å²) in [5, 5.41) is 0.829. The molecule has 0 aliphatic carbocycles. The molecule has 1 N–H and O–H groups in total. The molecule has 30 heavy (non-hydrogen) atoms. The van der Waals surface area contributed by atoms with Crippen molar-refractivity contribution < 1.29 is 17.3 Å². The molecule has 3 aromatic carbocycles. The van der Waals surface area contributed by atoms with Crippen LogP contribution in [0.25, 0.3) is 22.0 Å². The number of rotatable bonds is 6. The molecule has 0 atom stereocenters. The van der Waals surface area contributed by atoms with Gasteiger partial charge >= 0.3 is 10.1 Å². The SMILES string of the molecule is CS(=O)(=O)Oc1c(Br)cc(Br)c2c(-c3ccc(OCc4ccccc4)cc3)c[nH]c12. The molecule has 4 rings (SSSR count). The Morgan fingerprint density at radius 2 is 1.67 bits per heavy atom. The first-order chi connectivity index (χ1) is 14.3. The number of halogens is 2. The fourth-order valence-corrected chi connectivity index (χ4v) is 5.19. The molecule has 0 saturated carbocycles. The Morgan fingerprint density at radius 1 is 0.967 bits per heavy atom. The van der Waals surface area contributed by atoms with Gasteiger partial charge in [0.1, 0.15) is 12.4 Å². The van der Waals surface area contributed by atoms with Crippen molar-refractivity contribution in [3.63, 3.8) is 0 Å². The van der Waals surface area contributed by atoms with Crippen LogP contribution in [0.4, 0.5) is 0 Å². The van der Waals surface area contributed by atoms with E-state index in [-0.39, 0.29) is 5.75 Å². The summed E-state index contributed by atoms with van der Waals surface area (Å²) in [7, 11) is -3.68. The Balaban J connectivity index is 1.65. The maximum absolute atomic E-state index is 11.7. The Kier molecular flexibility index (Phi) is 5.90. The molecule has 0 aliphatic rings. The summed E-state index contributed by atoms with van der Waals surface area (Å²) in [6, 6.07) is 19.5. The number of aromatic nitrogens is 1. The number of hydrogen-bond donors (Lipinski definition) is 1. The number of nitrogens with one attached hydrogen (secondary N) is 1. The molecule has 1 aromatic heterocycles. The average Bonchev–Trinajstić information content (AvgIpc) is 3.16. The van der Waals surface area contributed by atoms with Gasteiger partial charge < -0.3 is 13.9 Å². The van der Waals surface area contributed by atoms with E-state index in [2.05, 4.69) is 36.8 Å². The standard InChI is InChI=1S/C22H17Br2NO4S/c1-30(26,27)29-22-19(24)11-18(23)20-17(12-25-21(20)22)15-7-9-16(10-8-15)28-13-14-5-3-2-4-6-14/h2-12,25H,13H2,1H3. The molecule has 0 spiro atoms. The first kappa shape index (κ1) is 21.0. The van der Waals surface area contributed by atoms with Gasteiger partial charge in [-0.05, 0) is 45.3 Å². The van der Waals surface area contributed by atoms with Crippen molar-refractivity contribution >= 4 is 52.9 Å². The van der Waals surface area contributed by atoms with Crippen LogP contribution in [-0.2, 0) is 16.7 Å². The zero-order valence-corrected chi connectivity index (χ0v) is 19.8. The molecular formula is C22H17Br2NO4S. The van der Waals surface area contributed by atoms with E-state index in [4.69, 9.17) is 8.92 Å². The van der Waals surface area contributed by atoms with E-state index in [1.54, 1.807) is 6.07 Å². The number of ether oxygens (including phenoxy) is 1. The van der Waals surface area contributed by atoms with Gasteiger partial charge in [-0.25, -0.2) is 0 Å². The van der Waals surface area contributed by atoms with Gasteiger partial charge in [0.25, 0.3) is 0 Å². The molecule has 0 saturated heterocycles. The lowest BCUT2D eigenvalue weighted by Gasteiger charge is -2.10. The van der Waals surface area contributed by atoms with E-state index in [0.29, 0.717) is 16.6 Å². The van der Waals surface area contributed by atoms with Crippen LogP contribution in [0.3, 0.4) is 0 Å². The molecule has 154 valence electrons. The lowest BCUT2D eigenvalue weighted by molar-refractivity contribution is 0.306. The highest BCUT2D eigenvalue weighted by atomic mass is 79.9. The van der Waals surface area contributed by atoms with Crippen LogP contribution in [-0.4, -0.2) is 19.7 Å². The van der Waals surface area contributed by atoms with Gasteiger partial charge in [-0.3, -0.25) is 0 Å². The van der Waals surface area contributed by atoms with Crippen molar-refractivity contribution in [1.29, 1.82) is 0 Å². The summed E-state index contributed by atoms with van der Waals surface area (Å²) in [4.78, 5) is 3.14. The van der Waals surface area contributed by atoms with Crippen LogP contribution in [0.5, 0.6) is 11.5 Å². The molecule has 5 nitrogen and oxygen atoms in total. The second kappa shape index (κ2) is 8.45. The number of benzene rings is 3. The molecule has 0 amide bonds.